The van der Waals surface area contributed by atoms with Gasteiger partial charge in [0.25, 0.3) is 5.56 Å². The Bertz CT molecular complexity index is 617. The fourth-order valence-corrected chi connectivity index (χ4v) is 2.35. The Kier molecular flexibility index (Phi) is 4.43. The number of pyridine rings is 1. The molecule has 0 aliphatic carbocycles. The lowest BCUT2D eigenvalue weighted by molar-refractivity contribution is 0.340. The van der Waals surface area contributed by atoms with Crippen LogP contribution in [0.25, 0.3) is 11.3 Å². The topological polar surface area (TPSA) is 31.2 Å². The van der Waals surface area contributed by atoms with Crippen LogP contribution in [0.3, 0.4) is 0 Å². The van der Waals surface area contributed by atoms with Gasteiger partial charge in [-0.05, 0) is 71.7 Å². The summed E-state index contributed by atoms with van der Waals surface area (Å²) in [6.45, 7) is 5.21. The van der Waals surface area contributed by atoms with Gasteiger partial charge in [-0.2, -0.15) is 0 Å². The molecule has 0 radical (unpaired) electrons. The molecule has 0 bridgehead atoms. The largest absolute Gasteiger partial charge is 0.494 e. The third kappa shape index (κ3) is 2.89. The zero-order valence-electron chi connectivity index (χ0n) is 11.0. The number of benzene rings is 1. The van der Waals surface area contributed by atoms with Crippen LogP contribution in [0.15, 0.2) is 45.7 Å². The van der Waals surface area contributed by atoms with Crippen molar-refractivity contribution in [2.75, 3.05) is 6.61 Å². The van der Waals surface area contributed by atoms with Crippen molar-refractivity contribution >= 4 is 15.9 Å². The molecule has 0 saturated carbocycles. The highest BCUT2D eigenvalue weighted by Crippen LogP contribution is 2.22. The SMILES string of the molecule is CCOc1ccc(-c2ccc(Br)c(=O)n2CC)cc1. The van der Waals surface area contributed by atoms with Crippen LogP contribution in [0.1, 0.15) is 13.8 Å². The maximum absolute atomic E-state index is 12.1. The molecule has 4 heteroatoms. The van der Waals surface area contributed by atoms with Crippen LogP contribution in [-0.2, 0) is 6.54 Å². The van der Waals surface area contributed by atoms with Gasteiger partial charge >= 0.3 is 0 Å². The van der Waals surface area contributed by atoms with E-state index in [9.17, 15) is 4.79 Å². The summed E-state index contributed by atoms with van der Waals surface area (Å²) in [7, 11) is 0. The molecule has 0 unspecified atom stereocenters. The molecule has 0 saturated heterocycles. The molecule has 0 atom stereocenters. The smallest absolute Gasteiger partial charge is 0.265 e. The van der Waals surface area contributed by atoms with Gasteiger partial charge < -0.3 is 9.30 Å². The Morgan fingerprint density at radius 3 is 2.37 bits per heavy atom. The maximum Gasteiger partial charge on any atom is 0.265 e. The summed E-state index contributed by atoms with van der Waals surface area (Å²) in [5.41, 5.74) is 1.92. The predicted molar refractivity (Wildman–Crippen MR) is 80.7 cm³/mol. The van der Waals surface area contributed by atoms with E-state index in [0.29, 0.717) is 17.6 Å². The highest BCUT2D eigenvalue weighted by Gasteiger charge is 2.07. The Balaban J connectivity index is 2.47. The minimum atomic E-state index is -0.00566. The molecule has 3 nitrogen and oxygen atoms in total. The first-order chi connectivity index (χ1) is 9.17. The lowest BCUT2D eigenvalue weighted by Crippen LogP contribution is -2.21. The molecule has 1 aromatic carbocycles. The standard InChI is InChI=1S/C15H16BrNO2/c1-3-17-14(10-9-13(16)15(17)18)11-5-7-12(8-6-11)19-4-2/h5-10H,3-4H2,1-2H3. The van der Waals surface area contributed by atoms with Crippen molar-refractivity contribution in [2.24, 2.45) is 0 Å². The molecular formula is C15H16BrNO2. The predicted octanol–water partition coefficient (Wildman–Crippen LogP) is 3.70. The zero-order valence-corrected chi connectivity index (χ0v) is 12.6. The lowest BCUT2D eigenvalue weighted by Gasteiger charge is -2.12. The molecule has 0 aliphatic rings. The van der Waals surface area contributed by atoms with Crippen LogP contribution in [-0.4, -0.2) is 11.2 Å². The van der Waals surface area contributed by atoms with Gasteiger partial charge in [0.2, 0.25) is 0 Å². The second-order valence-corrected chi connectivity index (χ2v) is 4.93. The maximum atomic E-state index is 12.1. The lowest BCUT2D eigenvalue weighted by atomic mass is 10.1. The summed E-state index contributed by atoms with van der Waals surface area (Å²) in [5.74, 6) is 0.841. The molecule has 0 fully saturated rings. The summed E-state index contributed by atoms with van der Waals surface area (Å²) in [6, 6.07) is 11.5. The second-order valence-electron chi connectivity index (χ2n) is 4.07. The first-order valence-electron chi connectivity index (χ1n) is 6.30. The molecular weight excluding hydrogens is 306 g/mol. The molecule has 0 aliphatic heterocycles. The number of aromatic nitrogens is 1. The van der Waals surface area contributed by atoms with Crippen molar-refractivity contribution in [3.63, 3.8) is 0 Å². The summed E-state index contributed by atoms with van der Waals surface area (Å²) < 4.78 is 7.76. The van der Waals surface area contributed by atoms with Crippen LogP contribution in [0.5, 0.6) is 5.75 Å². The van der Waals surface area contributed by atoms with Crippen LogP contribution in [0, 0.1) is 0 Å². The Labute approximate surface area is 121 Å². The van der Waals surface area contributed by atoms with E-state index in [0.717, 1.165) is 17.0 Å². The average Bonchev–Trinajstić information content (AvgIpc) is 2.43. The first kappa shape index (κ1) is 13.9. The summed E-state index contributed by atoms with van der Waals surface area (Å²) in [4.78, 5) is 12.1. The zero-order chi connectivity index (χ0) is 13.8. The minimum absolute atomic E-state index is 0.00566. The van der Waals surface area contributed by atoms with Gasteiger partial charge in [-0.15, -0.1) is 0 Å². The number of hydrogen-bond acceptors (Lipinski definition) is 2. The molecule has 2 rings (SSSR count). The molecule has 2 aromatic rings. The second kappa shape index (κ2) is 6.06. The third-order valence-electron chi connectivity index (χ3n) is 2.91. The summed E-state index contributed by atoms with van der Waals surface area (Å²) in [6.07, 6.45) is 0. The van der Waals surface area contributed by atoms with Crippen molar-refractivity contribution < 1.29 is 4.74 Å². The van der Waals surface area contributed by atoms with Crippen molar-refractivity contribution in [3.8, 4) is 17.0 Å². The molecule has 100 valence electrons. The monoisotopic (exact) mass is 321 g/mol. The molecule has 19 heavy (non-hydrogen) atoms. The number of hydrogen-bond donors (Lipinski definition) is 0. The molecule has 1 heterocycles. The number of nitrogens with zero attached hydrogens (tertiary/aromatic N) is 1. The van der Waals surface area contributed by atoms with Crippen molar-refractivity contribution in [3.05, 3.63) is 51.2 Å². The molecule has 0 N–H and O–H groups in total. The fourth-order valence-electron chi connectivity index (χ4n) is 2.01. The summed E-state index contributed by atoms with van der Waals surface area (Å²) >= 11 is 3.27. The van der Waals surface area contributed by atoms with Gasteiger partial charge in [0.1, 0.15) is 5.75 Å². The highest BCUT2D eigenvalue weighted by molar-refractivity contribution is 9.10. The first-order valence-corrected chi connectivity index (χ1v) is 7.09. The quantitative estimate of drug-likeness (QED) is 0.859. The summed E-state index contributed by atoms with van der Waals surface area (Å²) in [5, 5.41) is 0. The van der Waals surface area contributed by atoms with E-state index >= 15 is 0 Å². The van der Waals surface area contributed by atoms with E-state index in [-0.39, 0.29) is 5.56 Å². The Morgan fingerprint density at radius 2 is 1.79 bits per heavy atom. The number of rotatable bonds is 4. The van der Waals surface area contributed by atoms with Gasteiger partial charge in [0, 0.05) is 6.54 Å². The Hall–Kier alpha value is -1.55. The number of ether oxygens (including phenoxy) is 1. The van der Waals surface area contributed by atoms with E-state index < -0.39 is 0 Å². The van der Waals surface area contributed by atoms with Crippen molar-refractivity contribution in [2.45, 2.75) is 20.4 Å². The van der Waals surface area contributed by atoms with E-state index in [2.05, 4.69) is 15.9 Å². The van der Waals surface area contributed by atoms with Gasteiger partial charge in [0.05, 0.1) is 16.8 Å². The average molecular weight is 322 g/mol. The van der Waals surface area contributed by atoms with E-state index in [1.165, 1.54) is 0 Å². The molecule has 0 amide bonds. The van der Waals surface area contributed by atoms with Crippen LogP contribution < -0.4 is 10.3 Å². The molecule has 0 spiro atoms. The minimum Gasteiger partial charge on any atom is -0.494 e. The van der Waals surface area contributed by atoms with Gasteiger partial charge in [-0.1, -0.05) is 0 Å². The van der Waals surface area contributed by atoms with E-state index in [1.807, 2.05) is 44.2 Å². The van der Waals surface area contributed by atoms with Crippen LogP contribution >= 0.6 is 15.9 Å². The highest BCUT2D eigenvalue weighted by atomic mass is 79.9. The van der Waals surface area contributed by atoms with Gasteiger partial charge in [-0.25, -0.2) is 0 Å². The number of halogens is 1. The van der Waals surface area contributed by atoms with Crippen LogP contribution in [0.2, 0.25) is 0 Å². The van der Waals surface area contributed by atoms with Crippen molar-refractivity contribution in [1.82, 2.24) is 4.57 Å². The van der Waals surface area contributed by atoms with E-state index in [1.54, 1.807) is 10.6 Å². The third-order valence-corrected chi connectivity index (χ3v) is 3.51. The van der Waals surface area contributed by atoms with E-state index in [4.69, 9.17) is 4.74 Å². The molecule has 1 aromatic heterocycles. The normalized spacial score (nSPS) is 10.5. The fraction of sp³-hybridized carbons (Fsp3) is 0.267. The van der Waals surface area contributed by atoms with Crippen LogP contribution in [0.4, 0.5) is 0 Å². The van der Waals surface area contributed by atoms with Gasteiger partial charge in [0.15, 0.2) is 0 Å². The van der Waals surface area contributed by atoms with Gasteiger partial charge in [-0.3, -0.25) is 4.79 Å². The Morgan fingerprint density at radius 1 is 1.11 bits per heavy atom. The van der Waals surface area contributed by atoms with Crippen molar-refractivity contribution in [1.29, 1.82) is 0 Å².